The Morgan fingerprint density at radius 2 is 2.17 bits per heavy atom. The number of carboxylic acid groups (broad SMARTS) is 1. The van der Waals surface area contributed by atoms with Gasteiger partial charge in [-0.3, -0.25) is 0 Å². The van der Waals surface area contributed by atoms with Crippen LogP contribution in [0.2, 0.25) is 0 Å². The zero-order chi connectivity index (χ0) is 13.3. The quantitative estimate of drug-likeness (QED) is 0.893. The van der Waals surface area contributed by atoms with Crippen LogP contribution >= 0.6 is 11.3 Å². The van der Waals surface area contributed by atoms with Gasteiger partial charge in [-0.25, -0.2) is 4.79 Å². The Balaban J connectivity index is 2.65. The summed E-state index contributed by atoms with van der Waals surface area (Å²) >= 11 is 1.19. The fraction of sp³-hybridized carbons (Fsp3) is 0.308. The number of carbonyl (C=O) groups is 1. The van der Waals surface area contributed by atoms with E-state index in [1.165, 1.54) is 11.3 Å². The predicted octanol–water partition coefficient (Wildman–Crippen LogP) is 2.88. The highest BCUT2D eigenvalue weighted by Crippen LogP contribution is 2.38. The van der Waals surface area contributed by atoms with Gasteiger partial charge in [0.1, 0.15) is 0 Å². The van der Waals surface area contributed by atoms with E-state index in [4.69, 9.17) is 9.84 Å². The van der Waals surface area contributed by atoms with Crippen LogP contribution in [0, 0.1) is 0 Å². The lowest BCUT2D eigenvalue weighted by Gasteiger charge is -2.10. The summed E-state index contributed by atoms with van der Waals surface area (Å²) in [4.78, 5) is 11.4. The minimum atomic E-state index is -0.989. The molecule has 0 amide bonds. The van der Waals surface area contributed by atoms with E-state index in [0.29, 0.717) is 5.75 Å². The van der Waals surface area contributed by atoms with Crippen molar-refractivity contribution in [3.63, 3.8) is 0 Å². The van der Waals surface area contributed by atoms with Gasteiger partial charge in [-0.1, -0.05) is 6.07 Å². The van der Waals surface area contributed by atoms with E-state index >= 15 is 0 Å². The summed E-state index contributed by atoms with van der Waals surface area (Å²) in [6, 6.07) is 5.37. The van der Waals surface area contributed by atoms with Crippen LogP contribution in [-0.2, 0) is 6.61 Å². The molecule has 2 aromatic rings. The molecule has 96 valence electrons. The van der Waals surface area contributed by atoms with Crippen molar-refractivity contribution in [3.8, 4) is 5.75 Å². The second-order valence-electron chi connectivity index (χ2n) is 4.22. The first kappa shape index (κ1) is 12.9. The lowest BCUT2D eigenvalue weighted by atomic mass is 10.1. The van der Waals surface area contributed by atoms with Crippen molar-refractivity contribution in [2.75, 3.05) is 0 Å². The maximum Gasteiger partial charge on any atom is 0.349 e. The van der Waals surface area contributed by atoms with Crippen molar-refractivity contribution in [2.45, 2.75) is 26.6 Å². The second kappa shape index (κ2) is 4.96. The molecule has 0 aliphatic heterocycles. The van der Waals surface area contributed by atoms with Gasteiger partial charge in [0.05, 0.1) is 12.7 Å². The molecule has 0 radical (unpaired) electrons. The fourth-order valence-electron chi connectivity index (χ4n) is 1.71. The summed E-state index contributed by atoms with van der Waals surface area (Å²) in [5.41, 5.74) is 0.742. The number of rotatable bonds is 4. The van der Waals surface area contributed by atoms with Gasteiger partial charge < -0.3 is 14.9 Å². The van der Waals surface area contributed by atoms with Gasteiger partial charge in [0, 0.05) is 10.1 Å². The van der Waals surface area contributed by atoms with E-state index < -0.39 is 5.97 Å². The van der Waals surface area contributed by atoms with E-state index in [-0.39, 0.29) is 17.6 Å². The lowest BCUT2D eigenvalue weighted by Crippen LogP contribution is -2.08. The molecule has 0 atom stereocenters. The maximum absolute atomic E-state index is 11.2. The monoisotopic (exact) mass is 266 g/mol. The van der Waals surface area contributed by atoms with E-state index in [9.17, 15) is 9.90 Å². The average molecular weight is 266 g/mol. The molecule has 0 spiro atoms. The van der Waals surface area contributed by atoms with Crippen molar-refractivity contribution >= 4 is 27.4 Å². The van der Waals surface area contributed by atoms with Crippen LogP contribution in [0.3, 0.4) is 0 Å². The molecule has 0 aliphatic carbocycles. The number of aliphatic hydroxyl groups is 1. The molecule has 0 unspecified atom stereocenters. The van der Waals surface area contributed by atoms with Crippen LogP contribution in [0.1, 0.15) is 29.1 Å². The van der Waals surface area contributed by atoms with Crippen LogP contribution in [0.5, 0.6) is 5.75 Å². The largest absolute Gasteiger partial charge is 0.489 e. The van der Waals surface area contributed by atoms with Gasteiger partial charge in [-0.15, -0.1) is 11.3 Å². The Kier molecular flexibility index (Phi) is 3.54. The minimum absolute atomic E-state index is 0.0741. The molecule has 1 aromatic heterocycles. The van der Waals surface area contributed by atoms with Crippen LogP contribution in [0.4, 0.5) is 0 Å². The topological polar surface area (TPSA) is 66.8 Å². The minimum Gasteiger partial charge on any atom is -0.489 e. The van der Waals surface area contributed by atoms with Crippen LogP contribution in [0.15, 0.2) is 18.2 Å². The van der Waals surface area contributed by atoms with Gasteiger partial charge >= 0.3 is 5.97 Å². The number of fused-ring (bicyclic) bond motifs is 1. The summed E-state index contributed by atoms with van der Waals surface area (Å²) in [6.45, 7) is 3.63. The van der Waals surface area contributed by atoms with Gasteiger partial charge in [0.2, 0.25) is 0 Å². The highest BCUT2D eigenvalue weighted by atomic mass is 32.1. The summed E-state index contributed by atoms with van der Waals surface area (Å²) in [5, 5.41) is 19.1. The lowest BCUT2D eigenvalue weighted by molar-refractivity contribution is 0.0697. The summed E-state index contributed by atoms with van der Waals surface area (Å²) in [5.74, 6) is -0.592. The van der Waals surface area contributed by atoms with Gasteiger partial charge in [0.15, 0.2) is 10.6 Å². The summed E-state index contributed by atoms with van der Waals surface area (Å²) < 4.78 is 6.45. The molecular formula is C13H14O4S. The van der Waals surface area contributed by atoms with Gasteiger partial charge in [0.25, 0.3) is 0 Å². The normalized spacial score (nSPS) is 11.1. The maximum atomic E-state index is 11.2. The Bertz CT molecular complexity index is 586. The van der Waals surface area contributed by atoms with Gasteiger partial charge in [-0.2, -0.15) is 0 Å². The first-order valence-electron chi connectivity index (χ1n) is 5.59. The number of aliphatic hydroxyl groups excluding tert-OH is 1. The molecular weight excluding hydrogens is 252 g/mol. The zero-order valence-electron chi connectivity index (χ0n) is 10.1. The smallest absolute Gasteiger partial charge is 0.349 e. The Hall–Kier alpha value is -1.59. The fourth-order valence-corrected chi connectivity index (χ4v) is 2.67. The van der Waals surface area contributed by atoms with Crippen LogP contribution in [0.25, 0.3) is 10.1 Å². The third kappa shape index (κ3) is 2.32. The number of thiophene rings is 1. The number of hydrogen-bond acceptors (Lipinski definition) is 4. The molecule has 2 N–H and O–H groups in total. The SMILES string of the molecule is CC(C)Oc1c(C(=O)O)sc2ccc(CO)cc12. The van der Waals surface area contributed by atoms with E-state index in [2.05, 4.69) is 0 Å². The first-order valence-corrected chi connectivity index (χ1v) is 6.40. The molecule has 0 aliphatic rings. The third-order valence-electron chi connectivity index (χ3n) is 2.44. The van der Waals surface area contributed by atoms with Crippen molar-refractivity contribution in [2.24, 2.45) is 0 Å². The van der Waals surface area contributed by atoms with E-state index in [1.54, 1.807) is 12.1 Å². The van der Waals surface area contributed by atoms with Crippen LogP contribution in [-0.4, -0.2) is 22.3 Å². The summed E-state index contributed by atoms with van der Waals surface area (Å²) in [6.07, 6.45) is -0.0984. The number of benzene rings is 1. The Labute approximate surface area is 108 Å². The van der Waals surface area contributed by atoms with Gasteiger partial charge in [-0.05, 0) is 31.5 Å². The number of ether oxygens (including phenoxy) is 1. The molecule has 0 bridgehead atoms. The summed E-state index contributed by atoms with van der Waals surface area (Å²) in [7, 11) is 0. The average Bonchev–Trinajstić information content (AvgIpc) is 2.67. The zero-order valence-corrected chi connectivity index (χ0v) is 11.0. The van der Waals surface area contributed by atoms with Crippen LogP contribution < -0.4 is 4.74 Å². The Morgan fingerprint density at radius 3 is 2.72 bits per heavy atom. The second-order valence-corrected chi connectivity index (χ2v) is 5.27. The molecule has 4 nitrogen and oxygen atoms in total. The van der Waals surface area contributed by atoms with Crippen molar-refractivity contribution < 1.29 is 19.7 Å². The standard InChI is InChI=1S/C13H14O4S/c1-7(2)17-11-9-5-8(6-14)3-4-10(9)18-12(11)13(15)16/h3-5,7,14H,6H2,1-2H3,(H,15,16). The van der Waals surface area contributed by atoms with Crippen molar-refractivity contribution in [1.29, 1.82) is 0 Å². The van der Waals surface area contributed by atoms with Crippen molar-refractivity contribution in [3.05, 3.63) is 28.6 Å². The highest BCUT2D eigenvalue weighted by Gasteiger charge is 2.20. The predicted molar refractivity (Wildman–Crippen MR) is 70.5 cm³/mol. The third-order valence-corrected chi connectivity index (χ3v) is 3.58. The molecule has 1 aromatic carbocycles. The number of hydrogen-bond donors (Lipinski definition) is 2. The highest BCUT2D eigenvalue weighted by molar-refractivity contribution is 7.21. The Morgan fingerprint density at radius 1 is 1.44 bits per heavy atom. The molecule has 0 saturated carbocycles. The molecule has 18 heavy (non-hydrogen) atoms. The molecule has 0 fully saturated rings. The first-order chi connectivity index (χ1) is 8.52. The number of aromatic carboxylic acids is 1. The van der Waals surface area contributed by atoms with Crippen molar-refractivity contribution in [1.82, 2.24) is 0 Å². The molecule has 1 heterocycles. The van der Waals surface area contributed by atoms with E-state index in [0.717, 1.165) is 15.6 Å². The van der Waals surface area contributed by atoms with E-state index in [1.807, 2.05) is 19.9 Å². The molecule has 2 rings (SSSR count). The molecule has 0 saturated heterocycles. The molecule has 5 heteroatoms. The number of carboxylic acids is 1.